The third kappa shape index (κ3) is 5.47. The van der Waals surface area contributed by atoms with Gasteiger partial charge in [0.05, 0.1) is 5.75 Å². The van der Waals surface area contributed by atoms with Crippen molar-refractivity contribution in [1.82, 2.24) is 5.32 Å². The van der Waals surface area contributed by atoms with Crippen molar-refractivity contribution in [1.29, 1.82) is 0 Å². The average Bonchev–Trinajstić information content (AvgIpc) is 2.24. The van der Waals surface area contributed by atoms with E-state index in [-0.39, 0.29) is 5.75 Å². The van der Waals surface area contributed by atoms with Gasteiger partial charge in [0, 0.05) is 17.5 Å². The van der Waals surface area contributed by atoms with Crippen molar-refractivity contribution in [2.45, 2.75) is 37.8 Å². The summed E-state index contributed by atoms with van der Waals surface area (Å²) in [5.41, 5.74) is 1.13. The summed E-state index contributed by atoms with van der Waals surface area (Å²) in [6.07, 6.45) is -2.25. The highest BCUT2D eigenvalue weighted by Gasteiger charge is 2.04. The smallest absolute Gasteiger partial charge is 0.247 e. The van der Waals surface area contributed by atoms with Gasteiger partial charge in [0.25, 0.3) is 0 Å². The van der Waals surface area contributed by atoms with Crippen molar-refractivity contribution in [3.63, 3.8) is 0 Å². The van der Waals surface area contributed by atoms with Crippen LogP contribution in [-0.4, -0.2) is 18.2 Å². The highest BCUT2D eigenvalue weighted by atomic mass is 32.2. The van der Waals surface area contributed by atoms with Gasteiger partial charge in [-0.1, -0.05) is 26.0 Å². The van der Waals surface area contributed by atoms with Gasteiger partial charge in [0.15, 0.2) is 0 Å². The molecular weight excluding hydrogens is 228 g/mol. The number of halogens is 2. The highest BCUT2D eigenvalue weighted by Crippen LogP contribution is 2.21. The summed E-state index contributed by atoms with van der Waals surface area (Å²) in [4.78, 5) is 0.906. The topological polar surface area (TPSA) is 12.0 Å². The SMILES string of the molecule is CC(C)NCc1cccc(SCC(F)F)c1. The van der Waals surface area contributed by atoms with E-state index in [1.165, 1.54) is 11.8 Å². The summed E-state index contributed by atoms with van der Waals surface area (Å²) in [6.45, 7) is 4.94. The zero-order valence-corrected chi connectivity index (χ0v) is 10.4. The molecular formula is C12H17F2NS. The Morgan fingerprint density at radius 2 is 2.06 bits per heavy atom. The fourth-order valence-electron chi connectivity index (χ4n) is 1.23. The van der Waals surface area contributed by atoms with Crippen LogP contribution in [0.15, 0.2) is 29.2 Å². The summed E-state index contributed by atoms with van der Waals surface area (Å²) < 4.78 is 24.1. The van der Waals surface area contributed by atoms with Gasteiger partial charge in [-0.05, 0) is 17.7 Å². The number of nitrogens with one attached hydrogen (secondary N) is 1. The van der Waals surface area contributed by atoms with Gasteiger partial charge < -0.3 is 5.32 Å². The Labute approximate surface area is 99.6 Å². The normalized spacial score (nSPS) is 11.4. The van der Waals surface area contributed by atoms with E-state index in [9.17, 15) is 8.78 Å². The summed E-state index contributed by atoms with van der Waals surface area (Å²) >= 11 is 1.20. The Morgan fingerprint density at radius 3 is 2.69 bits per heavy atom. The molecule has 0 bridgehead atoms. The largest absolute Gasteiger partial charge is 0.310 e. The van der Waals surface area contributed by atoms with Crippen LogP contribution >= 0.6 is 11.8 Å². The number of benzene rings is 1. The van der Waals surface area contributed by atoms with E-state index in [0.717, 1.165) is 17.0 Å². The molecule has 0 saturated heterocycles. The van der Waals surface area contributed by atoms with Gasteiger partial charge in [0.1, 0.15) is 0 Å². The Hall–Kier alpha value is -0.610. The molecule has 1 aromatic rings. The Morgan fingerprint density at radius 1 is 1.31 bits per heavy atom. The van der Waals surface area contributed by atoms with E-state index >= 15 is 0 Å². The molecule has 1 rings (SSSR count). The predicted molar refractivity (Wildman–Crippen MR) is 65.1 cm³/mol. The van der Waals surface area contributed by atoms with Crippen LogP contribution in [0.4, 0.5) is 8.78 Å². The van der Waals surface area contributed by atoms with E-state index in [0.29, 0.717) is 6.04 Å². The second-order valence-electron chi connectivity index (χ2n) is 3.89. The molecule has 0 fully saturated rings. The maximum atomic E-state index is 12.0. The molecule has 0 heterocycles. The maximum Gasteiger partial charge on any atom is 0.247 e. The molecule has 0 radical (unpaired) electrons. The molecule has 0 aliphatic rings. The summed E-state index contributed by atoms with van der Waals surface area (Å²) in [7, 11) is 0. The van der Waals surface area contributed by atoms with Crippen LogP contribution in [0.1, 0.15) is 19.4 Å². The number of hydrogen-bond acceptors (Lipinski definition) is 2. The van der Waals surface area contributed by atoms with Gasteiger partial charge >= 0.3 is 0 Å². The van der Waals surface area contributed by atoms with Gasteiger partial charge in [-0.15, -0.1) is 11.8 Å². The van der Waals surface area contributed by atoms with Crippen molar-refractivity contribution in [2.75, 3.05) is 5.75 Å². The minimum Gasteiger partial charge on any atom is -0.310 e. The zero-order chi connectivity index (χ0) is 12.0. The lowest BCUT2D eigenvalue weighted by molar-refractivity contribution is 0.177. The molecule has 1 aromatic carbocycles. The first-order chi connectivity index (χ1) is 7.58. The first-order valence-corrected chi connectivity index (χ1v) is 6.29. The minimum absolute atomic E-state index is 0.138. The lowest BCUT2D eigenvalue weighted by atomic mass is 10.2. The average molecular weight is 245 g/mol. The van der Waals surface area contributed by atoms with Crippen molar-refractivity contribution in [3.8, 4) is 0 Å². The molecule has 1 nitrogen and oxygen atoms in total. The Kier molecular flexibility index (Phi) is 5.77. The van der Waals surface area contributed by atoms with Crippen LogP contribution in [0, 0.1) is 0 Å². The van der Waals surface area contributed by atoms with Gasteiger partial charge in [-0.3, -0.25) is 0 Å². The third-order valence-electron chi connectivity index (χ3n) is 1.99. The van der Waals surface area contributed by atoms with Crippen LogP contribution in [-0.2, 0) is 6.54 Å². The van der Waals surface area contributed by atoms with Crippen LogP contribution < -0.4 is 5.32 Å². The first-order valence-electron chi connectivity index (χ1n) is 5.31. The molecule has 90 valence electrons. The monoisotopic (exact) mass is 245 g/mol. The standard InChI is InChI=1S/C12H17F2NS/c1-9(2)15-7-10-4-3-5-11(6-10)16-8-12(13)14/h3-6,9,12,15H,7-8H2,1-2H3. The lowest BCUT2D eigenvalue weighted by Crippen LogP contribution is -2.21. The van der Waals surface area contributed by atoms with Crippen LogP contribution in [0.3, 0.4) is 0 Å². The molecule has 0 aliphatic carbocycles. The number of alkyl halides is 2. The molecule has 0 amide bonds. The fraction of sp³-hybridized carbons (Fsp3) is 0.500. The summed E-state index contributed by atoms with van der Waals surface area (Å²) in [6, 6.07) is 8.17. The predicted octanol–water partition coefficient (Wildman–Crippen LogP) is 3.54. The molecule has 0 spiro atoms. The molecule has 16 heavy (non-hydrogen) atoms. The van der Waals surface area contributed by atoms with E-state index in [1.807, 2.05) is 24.3 Å². The molecule has 4 heteroatoms. The summed E-state index contributed by atoms with van der Waals surface area (Å²) in [5.74, 6) is -0.138. The second kappa shape index (κ2) is 6.86. The maximum absolute atomic E-state index is 12.0. The quantitative estimate of drug-likeness (QED) is 0.769. The number of thioether (sulfide) groups is 1. The third-order valence-corrected chi connectivity index (χ3v) is 2.99. The first kappa shape index (κ1) is 13.5. The zero-order valence-electron chi connectivity index (χ0n) is 9.54. The molecule has 0 saturated carbocycles. The molecule has 0 atom stereocenters. The van der Waals surface area contributed by atoms with Crippen molar-refractivity contribution in [2.24, 2.45) is 0 Å². The highest BCUT2D eigenvalue weighted by molar-refractivity contribution is 7.99. The van der Waals surface area contributed by atoms with Crippen molar-refractivity contribution in [3.05, 3.63) is 29.8 Å². The molecule has 0 unspecified atom stereocenters. The minimum atomic E-state index is -2.25. The molecule has 0 aliphatic heterocycles. The van der Waals surface area contributed by atoms with Gasteiger partial charge in [-0.25, -0.2) is 8.78 Å². The number of rotatable bonds is 6. The number of hydrogen-bond donors (Lipinski definition) is 1. The summed E-state index contributed by atoms with van der Waals surface area (Å²) in [5, 5.41) is 3.30. The van der Waals surface area contributed by atoms with Crippen molar-refractivity contribution < 1.29 is 8.78 Å². The fourth-order valence-corrected chi connectivity index (χ4v) is 1.95. The van der Waals surface area contributed by atoms with Crippen LogP contribution in [0.2, 0.25) is 0 Å². The van der Waals surface area contributed by atoms with E-state index in [2.05, 4.69) is 19.2 Å². The van der Waals surface area contributed by atoms with Gasteiger partial charge in [0.2, 0.25) is 6.43 Å². The van der Waals surface area contributed by atoms with Crippen molar-refractivity contribution >= 4 is 11.8 Å². The Bertz CT molecular complexity index is 288. The van der Waals surface area contributed by atoms with E-state index in [4.69, 9.17) is 0 Å². The van der Waals surface area contributed by atoms with E-state index in [1.54, 1.807) is 0 Å². The van der Waals surface area contributed by atoms with Crippen LogP contribution in [0.5, 0.6) is 0 Å². The molecule has 0 aromatic heterocycles. The van der Waals surface area contributed by atoms with E-state index < -0.39 is 6.43 Å². The van der Waals surface area contributed by atoms with Gasteiger partial charge in [-0.2, -0.15) is 0 Å². The lowest BCUT2D eigenvalue weighted by Gasteiger charge is -2.09. The second-order valence-corrected chi connectivity index (χ2v) is 4.98. The Balaban J connectivity index is 2.50. The molecule has 1 N–H and O–H groups in total. The van der Waals surface area contributed by atoms with Crippen LogP contribution in [0.25, 0.3) is 0 Å².